The number of aromatic nitrogens is 1. The van der Waals surface area contributed by atoms with Crippen LogP contribution in [-0.4, -0.2) is 12.0 Å². The Balaban J connectivity index is 2.26. The minimum atomic E-state index is 0.633. The lowest BCUT2D eigenvalue weighted by atomic mass is 10.2. The van der Waals surface area contributed by atoms with E-state index in [1.165, 1.54) is 0 Å². The molecule has 0 saturated heterocycles. The van der Waals surface area contributed by atoms with E-state index in [2.05, 4.69) is 26.2 Å². The second-order valence-electron chi connectivity index (χ2n) is 3.56. The Bertz CT molecular complexity index is 488. The molecule has 0 amide bonds. The molecule has 1 N–H and O–H groups in total. The SMILES string of the molecule is CNCc1cc(Br)cnc1Oc1ccccc1. The molecule has 1 aromatic carbocycles. The molecule has 1 heterocycles. The predicted molar refractivity (Wildman–Crippen MR) is 71.2 cm³/mol. The second-order valence-corrected chi connectivity index (χ2v) is 4.48. The fourth-order valence-corrected chi connectivity index (χ4v) is 1.86. The number of ether oxygens (including phenoxy) is 1. The molecule has 0 aliphatic rings. The van der Waals surface area contributed by atoms with Gasteiger partial charge < -0.3 is 10.1 Å². The number of rotatable bonds is 4. The second kappa shape index (κ2) is 5.80. The third-order valence-electron chi connectivity index (χ3n) is 2.22. The molecule has 0 aliphatic carbocycles. The summed E-state index contributed by atoms with van der Waals surface area (Å²) in [4.78, 5) is 4.28. The van der Waals surface area contributed by atoms with Crippen molar-refractivity contribution in [1.82, 2.24) is 10.3 Å². The van der Waals surface area contributed by atoms with Crippen LogP contribution in [0, 0.1) is 0 Å². The molecule has 2 aromatic rings. The highest BCUT2D eigenvalue weighted by atomic mass is 79.9. The number of benzene rings is 1. The van der Waals surface area contributed by atoms with E-state index in [4.69, 9.17) is 4.74 Å². The van der Waals surface area contributed by atoms with Gasteiger partial charge in [-0.3, -0.25) is 0 Å². The third kappa shape index (κ3) is 3.28. The molecule has 0 spiro atoms. The summed E-state index contributed by atoms with van der Waals surface area (Å²) in [6.07, 6.45) is 1.73. The zero-order valence-electron chi connectivity index (χ0n) is 9.48. The minimum absolute atomic E-state index is 0.633. The summed E-state index contributed by atoms with van der Waals surface area (Å²) in [7, 11) is 1.90. The molecule has 1 aromatic heterocycles. The van der Waals surface area contributed by atoms with E-state index in [0.717, 1.165) is 15.8 Å². The monoisotopic (exact) mass is 292 g/mol. The summed E-state index contributed by atoms with van der Waals surface area (Å²) in [5.41, 5.74) is 1.02. The Hall–Kier alpha value is -1.39. The van der Waals surface area contributed by atoms with E-state index < -0.39 is 0 Å². The molecular weight excluding hydrogens is 280 g/mol. The highest BCUT2D eigenvalue weighted by molar-refractivity contribution is 9.10. The Labute approximate surface area is 109 Å². The van der Waals surface area contributed by atoms with Crippen molar-refractivity contribution >= 4 is 15.9 Å². The molecular formula is C13H13BrN2O. The summed E-state index contributed by atoms with van der Waals surface area (Å²) in [6, 6.07) is 11.6. The van der Waals surface area contributed by atoms with Crippen molar-refractivity contribution in [3.05, 3.63) is 52.6 Å². The molecule has 88 valence electrons. The van der Waals surface area contributed by atoms with Crippen LogP contribution in [0.5, 0.6) is 11.6 Å². The highest BCUT2D eigenvalue weighted by Gasteiger charge is 2.06. The standard InChI is InChI=1S/C13H13BrN2O/c1-15-8-10-7-11(14)9-16-13(10)17-12-5-3-2-4-6-12/h2-7,9,15H,8H2,1H3. The van der Waals surface area contributed by atoms with Crippen LogP contribution >= 0.6 is 15.9 Å². The normalized spacial score (nSPS) is 10.2. The van der Waals surface area contributed by atoms with Gasteiger partial charge in [0.25, 0.3) is 0 Å². The molecule has 4 heteroatoms. The molecule has 17 heavy (non-hydrogen) atoms. The molecule has 0 atom stereocenters. The van der Waals surface area contributed by atoms with Gasteiger partial charge in [0.15, 0.2) is 0 Å². The van der Waals surface area contributed by atoms with Crippen LogP contribution in [0.3, 0.4) is 0 Å². The Morgan fingerprint density at radius 2 is 2.06 bits per heavy atom. The maximum atomic E-state index is 5.75. The highest BCUT2D eigenvalue weighted by Crippen LogP contribution is 2.25. The lowest BCUT2D eigenvalue weighted by Gasteiger charge is -2.09. The molecule has 3 nitrogen and oxygen atoms in total. The zero-order valence-corrected chi connectivity index (χ0v) is 11.1. The van der Waals surface area contributed by atoms with Gasteiger partial charge in [0.05, 0.1) is 0 Å². The van der Waals surface area contributed by atoms with Crippen molar-refractivity contribution in [3.63, 3.8) is 0 Å². The minimum Gasteiger partial charge on any atom is -0.439 e. The first-order valence-electron chi connectivity index (χ1n) is 5.31. The van der Waals surface area contributed by atoms with E-state index in [0.29, 0.717) is 12.4 Å². The molecule has 0 radical (unpaired) electrons. The summed E-state index contributed by atoms with van der Waals surface area (Å²) in [5, 5.41) is 3.10. The fraction of sp³-hybridized carbons (Fsp3) is 0.154. The number of hydrogen-bond donors (Lipinski definition) is 1. The number of halogens is 1. The van der Waals surface area contributed by atoms with E-state index in [9.17, 15) is 0 Å². The Morgan fingerprint density at radius 3 is 2.76 bits per heavy atom. The van der Waals surface area contributed by atoms with E-state index in [1.807, 2.05) is 43.4 Å². The number of para-hydroxylation sites is 1. The zero-order chi connectivity index (χ0) is 12.1. The Morgan fingerprint density at radius 1 is 1.29 bits per heavy atom. The summed E-state index contributed by atoms with van der Waals surface area (Å²) in [6.45, 7) is 0.717. The molecule has 0 saturated carbocycles. The lowest BCUT2D eigenvalue weighted by molar-refractivity contribution is 0.454. The molecule has 2 rings (SSSR count). The largest absolute Gasteiger partial charge is 0.439 e. The summed E-state index contributed by atoms with van der Waals surface area (Å²) >= 11 is 3.41. The number of nitrogens with one attached hydrogen (secondary N) is 1. The number of hydrogen-bond acceptors (Lipinski definition) is 3. The van der Waals surface area contributed by atoms with E-state index in [1.54, 1.807) is 6.20 Å². The maximum absolute atomic E-state index is 5.75. The first-order chi connectivity index (χ1) is 8.29. The van der Waals surface area contributed by atoms with Crippen molar-refractivity contribution in [1.29, 1.82) is 0 Å². The quantitative estimate of drug-likeness (QED) is 0.938. The van der Waals surface area contributed by atoms with Crippen molar-refractivity contribution in [3.8, 4) is 11.6 Å². The van der Waals surface area contributed by atoms with Gasteiger partial charge in [-0.1, -0.05) is 18.2 Å². The van der Waals surface area contributed by atoms with Gasteiger partial charge in [-0.25, -0.2) is 4.98 Å². The van der Waals surface area contributed by atoms with Crippen LogP contribution in [0.4, 0.5) is 0 Å². The third-order valence-corrected chi connectivity index (χ3v) is 2.65. The van der Waals surface area contributed by atoms with Crippen LogP contribution in [0.25, 0.3) is 0 Å². The average molecular weight is 293 g/mol. The van der Waals surface area contributed by atoms with Gasteiger partial charge in [-0.15, -0.1) is 0 Å². The van der Waals surface area contributed by atoms with Gasteiger partial charge in [0.2, 0.25) is 5.88 Å². The summed E-state index contributed by atoms with van der Waals surface area (Å²) < 4.78 is 6.69. The van der Waals surface area contributed by atoms with Gasteiger partial charge in [0.1, 0.15) is 5.75 Å². The first kappa shape index (κ1) is 12.1. The lowest BCUT2D eigenvalue weighted by Crippen LogP contribution is -2.07. The molecule has 0 unspecified atom stereocenters. The molecule has 0 aliphatic heterocycles. The van der Waals surface area contributed by atoms with Crippen molar-refractivity contribution in [2.45, 2.75) is 6.54 Å². The van der Waals surface area contributed by atoms with Crippen LogP contribution in [-0.2, 0) is 6.54 Å². The van der Waals surface area contributed by atoms with Crippen molar-refractivity contribution in [2.75, 3.05) is 7.05 Å². The predicted octanol–water partition coefficient (Wildman–Crippen LogP) is 3.36. The first-order valence-corrected chi connectivity index (χ1v) is 6.11. The van der Waals surface area contributed by atoms with Crippen LogP contribution < -0.4 is 10.1 Å². The van der Waals surface area contributed by atoms with Gasteiger partial charge in [0, 0.05) is 22.8 Å². The van der Waals surface area contributed by atoms with E-state index in [-0.39, 0.29) is 0 Å². The van der Waals surface area contributed by atoms with Gasteiger partial charge in [-0.05, 0) is 41.2 Å². The average Bonchev–Trinajstić information content (AvgIpc) is 2.34. The van der Waals surface area contributed by atoms with Crippen LogP contribution in [0.2, 0.25) is 0 Å². The molecule has 0 bridgehead atoms. The topological polar surface area (TPSA) is 34.2 Å². The smallest absolute Gasteiger partial charge is 0.223 e. The van der Waals surface area contributed by atoms with E-state index >= 15 is 0 Å². The van der Waals surface area contributed by atoms with Crippen LogP contribution in [0.1, 0.15) is 5.56 Å². The van der Waals surface area contributed by atoms with Crippen molar-refractivity contribution < 1.29 is 4.74 Å². The van der Waals surface area contributed by atoms with Crippen molar-refractivity contribution in [2.24, 2.45) is 0 Å². The number of pyridine rings is 1. The van der Waals surface area contributed by atoms with Gasteiger partial charge >= 0.3 is 0 Å². The summed E-state index contributed by atoms with van der Waals surface area (Å²) in [5.74, 6) is 1.42. The number of nitrogens with zero attached hydrogens (tertiary/aromatic N) is 1. The van der Waals surface area contributed by atoms with Gasteiger partial charge in [-0.2, -0.15) is 0 Å². The maximum Gasteiger partial charge on any atom is 0.223 e. The molecule has 0 fully saturated rings. The Kier molecular flexibility index (Phi) is 4.12. The fourth-order valence-electron chi connectivity index (χ4n) is 1.48. The van der Waals surface area contributed by atoms with Crippen LogP contribution in [0.15, 0.2) is 47.1 Å².